The molecule has 1 aromatic carbocycles. The van der Waals surface area contributed by atoms with Crippen LogP contribution < -0.4 is 5.43 Å². The summed E-state index contributed by atoms with van der Waals surface area (Å²) in [6.45, 7) is 0.0573. The van der Waals surface area contributed by atoms with Gasteiger partial charge in [-0.15, -0.1) is 0 Å². The van der Waals surface area contributed by atoms with Crippen molar-refractivity contribution in [3.63, 3.8) is 0 Å². The Morgan fingerprint density at radius 1 is 1.40 bits per heavy atom. The van der Waals surface area contributed by atoms with E-state index < -0.39 is 21.9 Å². The van der Waals surface area contributed by atoms with Crippen LogP contribution in [0, 0.1) is 27.3 Å². The third kappa shape index (κ3) is 2.70. The van der Waals surface area contributed by atoms with Crippen LogP contribution in [0.15, 0.2) is 41.5 Å². The molecule has 0 saturated carbocycles. The molecule has 0 aliphatic carbocycles. The summed E-state index contributed by atoms with van der Waals surface area (Å²) in [7, 11) is 0. The fourth-order valence-electron chi connectivity index (χ4n) is 1.75. The fourth-order valence-corrected chi connectivity index (χ4v) is 1.75. The van der Waals surface area contributed by atoms with E-state index in [2.05, 4.69) is 0 Å². The predicted octanol–water partition coefficient (Wildman–Crippen LogP) is 1.82. The molecule has 0 spiro atoms. The van der Waals surface area contributed by atoms with Gasteiger partial charge in [0.2, 0.25) is 0 Å². The molecule has 1 aromatic heterocycles. The Kier molecular flexibility index (Phi) is 3.57. The summed E-state index contributed by atoms with van der Waals surface area (Å²) in [6, 6.07) is 6.66. The first kappa shape index (κ1) is 13.4. The molecule has 0 N–H and O–H groups in total. The highest BCUT2D eigenvalue weighted by Crippen LogP contribution is 2.13. The number of nitriles is 1. The van der Waals surface area contributed by atoms with E-state index in [0.29, 0.717) is 5.56 Å². The average Bonchev–Trinajstić information content (AvgIpc) is 2.41. The lowest BCUT2D eigenvalue weighted by atomic mass is 10.1. The van der Waals surface area contributed by atoms with Gasteiger partial charge in [-0.3, -0.25) is 14.9 Å². The molecule has 0 aliphatic rings. The highest BCUT2D eigenvalue weighted by Gasteiger charge is 2.12. The van der Waals surface area contributed by atoms with Crippen LogP contribution in [-0.4, -0.2) is 9.49 Å². The van der Waals surface area contributed by atoms with Crippen molar-refractivity contribution >= 4 is 5.69 Å². The molecule has 0 aliphatic heterocycles. The molecule has 20 heavy (non-hydrogen) atoms. The van der Waals surface area contributed by atoms with E-state index in [1.807, 2.05) is 6.07 Å². The Hall–Kier alpha value is -3.01. The number of pyridine rings is 1. The van der Waals surface area contributed by atoms with E-state index in [-0.39, 0.29) is 12.1 Å². The molecule has 2 rings (SSSR count). The largest absolute Gasteiger partial charge is 0.344 e. The van der Waals surface area contributed by atoms with Gasteiger partial charge in [-0.1, -0.05) is 0 Å². The van der Waals surface area contributed by atoms with Crippen molar-refractivity contribution < 1.29 is 9.31 Å². The van der Waals surface area contributed by atoms with Crippen LogP contribution in [0.1, 0.15) is 11.1 Å². The van der Waals surface area contributed by atoms with E-state index >= 15 is 0 Å². The molecular formula is C13H8FN3O3. The van der Waals surface area contributed by atoms with Crippen molar-refractivity contribution in [2.45, 2.75) is 6.54 Å². The minimum Gasteiger partial charge on any atom is -0.344 e. The zero-order valence-electron chi connectivity index (χ0n) is 10.1. The number of halogens is 1. The Bertz CT molecular complexity index is 777. The standard InChI is InChI=1S/C13H8FN3O3/c14-11-2-1-9(6-15)10(5-11)7-16-4-3-13(18)12(8-16)17(19)20/h1-5,8H,7H2. The molecule has 7 heteroatoms. The summed E-state index contributed by atoms with van der Waals surface area (Å²) >= 11 is 0. The topological polar surface area (TPSA) is 88.9 Å². The van der Waals surface area contributed by atoms with Gasteiger partial charge in [-0.2, -0.15) is 5.26 Å². The normalized spacial score (nSPS) is 10.0. The van der Waals surface area contributed by atoms with Crippen molar-refractivity contribution in [1.29, 1.82) is 5.26 Å². The fraction of sp³-hybridized carbons (Fsp3) is 0.0769. The van der Waals surface area contributed by atoms with Crippen LogP contribution >= 0.6 is 0 Å². The second-order valence-corrected chi connectivity index (χ2v) is 4.04. The summed E-state index contributed by atoms with van der Waals surface area (Å²) in [6.07, 6.45) is 2.41. The summed E-state index contributed by atoms with van der Waals surface area (Å²) in [5.74, 6) is -0.505. The van der Waals surface area contributed by atoms with Crippen molar-refractivity contribution in [3.05, 3.63) is 73.9 Å². The van der Waals surface area contributed by atoms with Gasteiger partial charge in [0.15, 0.2) is 0 Å². The van der Waals surface area contributed by atoms with Gasteiger partial charge in [0.05, 0.1) is 22.8 Å². The molecule has 0 bridgehead atoms. The first-order valence-electron chi connectivity index (χ1n) is 5.54. The minimum absolute atomic E-state index is 0.0573. The van der Waals surface area contributed by atoms with Crippen molar-refractivity contribution in [2.24, 2.45) is 0 Å². The number of aromatic nitrogens is 1. The van der Waals surface area contributed by atoms with E-state index in [9.17, 15) is 19.3 Å². The number of rotatable bonds is 3. The first-order valence-corrected chi connectivity index (χ1v) is 5.54. The summed E-state index contributed by atoms with van der Waals surface area (Å²) < 4.78 is 14.5. The van der Waals surface area contributed by atoms with Crippen LogP contribution in [0.25, 0.3) is 0 Å². The van der Waals surface area contributed by atoms with Gasteiger partial charge in [-0.05, 0) is 23.8 Å². The van der Waals surface area contributed by atoms with Crippen LogP contribution in [0.5, 0.6) is 0 Å². The molecule has 0 amide bonds. The van der Waals surface area contributed by atoms with E-state index in [1.165, 1.54) is 22.9 Å². The maximum Gasteiger partial charge on any atom is 0.332 e. The quantitative estimate of drug-likeness (QED) is 0.630. The molecule has 100 valence electrons. The molecule has 0 radical (unpaired) electrons. The van der Waals surface area contributed by atoms with Crippen LogP contribution in [0.2, 0.25) is 0 Å². The zero-order chi connectivity index (χ0) is 14.7. The Morgan fingerprint density at radius 3 is 2.80 bits per heavy atom. The second kappa shape index (κ2) is 5.32. The first-order chi connectivity index (χ1) is 9.51. The molecular weight excluding hydrogens is 265 g/mol. The van der Waals surface area contributed by atoms with Crippen LogP contribution in [-0.2, 0) is 6.54 Å². The third-order valence-electron chi connectivity index (χ3n) is 2.70. The second-order valence-electron chi connectivity index (χ2n) is 4.04. The number of hydrogen-bond acceptors (Lipinski definition) is 4. The molecule has 6 nitrogen and oxygen atoms in total. The predicted molar refractivity (Wildman–Crippen MR) is 67.6 cm³/mol. The monoisotopic (exact) mass is 273 g/mol. The number of nitrogens with zero attached hydrogens (tertiary/aromatic N) is 3. The maximum absolute atomic E-state index is 13.2. The van der Waals surface area contributed by atoms with Crippen LogP contribution in [0.4, 0.5) is 10.1 Å². The van der Waals surface area contributed by atoms with Gasteiger partial charge in [0.1, 0.15) is 5.82 Å². The smallest absolute Gasteiger partial charge is 0.332 e. The number of nitro groups is 1. The number of hydrogen-bond donors (Lipinski definition) is 0. The Balaban J connectivity index is 2.43. The third-order valence-corrected chi connectivity index (χ3v) is 2.70. The minimum atomic E-state index is -0.782. The molecule has 2 aromatic rings. The van der Waals surface area contributed by atoms with Crippen molar-refractivity contribution in [3.8, 4) is 6.07 Å². The van der Waals surface area contributed by atoms with Crippen molar-refractivity contribution in [1.82, 2.24) is 4.57 Å². The molecule has 0 atom stereocenters. The van der Waals surface area contributed by atoms with E-state index in [0.717, 1.165) is 18.3 Å². The SMILES string of the molecule is N#Cc1ccc(F)cc1Cn1ccc(=O)c([N+](=O)[O-])c1. The molecule has 0 fully saturated rings. The summed E-state index contributed by atoms with van der Waals surface area (Å²) in [5.41, 5.74) is -0.619. The Labute approximate surface area is 112 Å². The van der Waals surface area contributed by atoms with Gasteiger partial charge >= 0.3 is 5.69 Å². The molecule has 0 unspecified atom stereocenters. The summed E-state index contributed by atoms with van der Waals surface area (Å²) in [5, 5.41) is 19.6. The highest BCUT2D eigenvalue weighted by atomic mass is 19.1. The zero-order valence-corrected chi connectivity index (χ0v) is 10.1. The number of benzene rings is 1. The summed E-state index contributed by atoms with van der Waals surface area (Å²) in [4.78, 5) is 21.2. The average molecular weight is 273 g/mol. The van der Waals surface area contributed by atoms with Gasteiger partial charge in [-0.25, -0.2) is 4.39 Å². The van der Waals surface area contributed by atoms with E-state index in [1.54, 1.807) is 0 Å². The van der Waals surface area contributed by atoms with Crippen molar-refractivity contribution in [2.75, 3.05) is 0 Å². The van der Waals surface area contributed by atoms with Gasteiger partial charge < -0.3 is 4.57 Å². The maximum atomic E-state index is 13.2. The van der Waals surface area contributed by atoms with E-state index in [4.69, 9.17) is 5.26 Å². The molecule has 1 heterocycles. The highest BCUT2D eigenvalue weighted by molar-refractivity contribution is 5.38. The lowest BCUT2D eigenvalue weighted by molar-refractivity contribution is -0.386. The molecule has 0 saturated heterocycles. The van der Waals surface area contributed by atoms with Gasteiger partial charge in [0.25, 0.3) is 5.43 Å². The lowest BCUT2D eigenvalue weighted by Gasteiger charge is -2.07. The van der Waals surface area contributed by atoms with Crippen LogP contribution in [0.3, 0.4) is 0 Å². The Morgan fingerprint density at radius 2 is 2.15 bits per heavy atom. The van der Waals surface area contributed by atoms with Gasteiger partial charge in [0, 0.05) is 18.8 Å². The lowest BCUT2D eigenvalue weighted by Crippen LogP contribution is -2.12.